The van der Waals surface area contributed by atoms with Crippen LogP contribution >= 0.6 is 0 Å². The van der Waals surface area contributed by atoms with Crippen LogP contribution in [0.25, 0.3) is 0 Å². The molecule has 2 aromatic rings. The van der Waals surface area contributed by atoms with Crippen molar-refractivity contribution in [1.29, 1.82) is 0 Å². The van der Waals surface area contributed by atoms with Crippen LogP contribution in [0.15, 0.2) is 42.5 Å². The Labute approximate surface area is 114 Å². The highest BCUT2D eigenvalue weighted by atomic mass is 16.5. The highest BCUT2D eigenvalue weighted by molar-refractivity contribution is 5.51. The molecule has 0 spiro atoms. The summed E-state index contributed by atoms with van der Waals surface area (Å²) in [5.74, 6) is 0.942. The molecule has 0 fully saturated rings. The van der Waals surface area contributed by atoms with Crippen molar-refractivity contribution in [2.75, 3.05) is 17.7 Å². The monoisotopic (exact) mass is 256 g/mol. The molecule has 0 atom stereocenters. The molecule has 0 amide bonds. The molecule has 0 radical (unpaired) electrons. The van der Waals surface area contributed by atoms with Crippen molar-refractivity contribution in [3.05, 3.63) is 53.6 Å². The molecule has 100 valence electrons. The van der Waals surface area contributed by atoms with Crippen molar-refractivity contribution in [1.82, 2.24) is 0 Å². The Balaban J connectivity index is 2.02. The zero-order valence-electron chi connectivity index (χ0n) is 11.4. The van der Waals surface area contributed by atoms with Crippen LogP contribution in [0.4, 0.5) is 11.4 Å². The Morgan fingerprint density at radius 1 is 1.16 bits per heavy atom. The molecule has 3 N–H and O–H groups in total. The van der Waals surface area contributed by atoms with Crippen molar-refractivity contribution < 1.29 is 4.74 Å². The van der Waals surface area contributed by atoms with Crippen molar-refractivity contribution in [3.63, 3.8) is 0 Å². The number of hydrogen-bond acceptors (Lipinski definition) is 3. The molecule has 2 aromatic carbocycles. The lowest BCUT2D eigenvalue weighted by Crippen LogP contribution is -2.01. The molecular formula is C16H20N2O. The van der Waals surface area contributed by atoms with E-state index >= 15 is 0 Å². The van der Waals surface area contributed by atoms with Gasteiger partial charge >= 0.3 is 0 Å². The van der Waals surface area contributed by atoms with Gasteiger partial charge in [0.05, 0.1) is 6.61 Å². The van der Waals surface area contributed by atoms with E-state index in [-0.39, 0.29) is 0 Å². The summed E-state index contributed by atoms with van der Waals surface area (Å²) >= 11 is 0. The first-order chi connectivity index (χ1) is 9.19. The zero-order valence-corrected chi connectivity index (χ0v) is 11.4. The Morgan fingerprint density at radius 2 is 2.00 bits per heavy atom. The van der Waals surface area contributed by atoms with E-state index in [0.717, 1.165) is 29.2 Å². The number of anilines is 2. The van der Waals surface area contributed by atoms with Crippen molar-refractivity contribution in [3.8, 4) is 5.75 Å². The molecule has 3 heteroatoms. The van der Waals surface area contributed by atoms with Gasteiger partial charge in [0.15, 0.2) is 0 Å². The molecule has 0 saturated heterocycles. The third kappa shape index (κ3) is 3.65. The van der Waals surface area contributed by atoms with E-state index in [4.69, 9.17) is 10.5 Å². The minimum atomic E-state index is 0.691. The minimum Gasteiger partial charge on any atom is -0.494 e. The fourth-order valence-electron chi connectivity index (χ4n) is 1.98. The molecule has 19 heavy (non-hydrogen) atoms. The number of benzene rings is 2. The summed E-state index contributed by atoms with van der Waals surface area (Å²) in [5, 5.41) is 3.39. The first-order valence-electron chi connectivity index (χ1n) is 6.51. The van der Waals surface area contributed by atoms with Gasteiger partial charge in [-0.3, -0.25) is 0 Å². The summed E-state index contributed by atoms with van der Waals surface area (Å²) in [6.45, 7) is 5.50. The lowest BCUT2D eigenvalue weighted by Gasteiger charge is -2.11. The maximum Gasteiger partial charge on any atom is 0.122 e. The summed E-state index contributed by atoms with van der Waals surface area (Å²) in [7, 11) is 0. The largest absolute Gasteiger partial charge is 0.494 e. The van der Waals surface area contributed by atoms with Crippen LogP contribution in [0.3, 0.4) is 0 Å². The van der Waals surface area contributed by atoms with Crippen LogP contribution in [-0.4, -0.2) is 6.61 Å². The van der Waals surface area contributed by atoms with Gasteiger partial charge in [-0.1, -0.05) is 12.1 Å². The summed E-state index contributed by atoms with van der Waals surface area (Å²) in [4.78, 5) is 0. The van der Waals surface area contributed by atoms with Gasteiger partial charge in [0, 0.05) is 17.9 Å². The zero-order chi connectivity index (χ0) is 13.7. The van der Waals surface area contributed by atoms with Gasteiger partial charge in [0.25, 0.3) is 0 Å². The Kier molecular flexibility index (Phi) is 4.29. The van der Waals surface area contributed by atoms with Crippen molar-refractivity contribution in [2.45, 2.75) is 20.4 Å². The third-order valence-corrected chi connectivity index (χ3v) is 2.92. The third-order valence-electron chi connectivity index (χ3n) is 2.92. The molecule has 2 rings (SSSR count). The number of rotatable bonds is 5. The number of ether oxygens (including phenoxy) is 1. The second kappa shape index (κ2) is 6.14. The number of nitrogens with one attached hydrogen (secondary N) is 1. The van der Waals surface area contributed by atoms with E-state index in [0.29, 0.717) is 6.61 Å². The Bertz CT molecular complexity index is 552. The van der Waals surface area contributed by atoms with Gasteiger partial charge in [-0.05, 0) is 55.3 Å². The van der Waals surface area contributed by atoms with Gasteiger partial charge in [-0.25, -0.2) is 0 Å². The second-order valence-electron chi connectivity index (χ2n) is 4.51. The van der Waals surface area contributed by atoms with Crippen molar-refractivity contribution in [2.24, 2.45) is 0 Å². The van der Waals surface area contributed by atoms with Crippen LogP contribution in [0, 0.1) is 6.92 Å². The average molecular weight is 256 g/mol. The van der Waals surface area contributed by atoms with Crippen LogP contribution in [-0.2, 0) is 6.54 Å². The average Bonchev–Trinajstić information content (AvgIpc) is 2.39. The smallest absolute Gasteiger partial charge is 0.122 e. The number of aryl methyl sites for hydroxylation is 1. The fraction of sp³-hybridized carbons (Fsp3) is 0.250. The Hall–Kier alpha value is -2.16. The second-order valence-corrected chi connectivity index (χ2v) is 4.51. The summed E-state index contributed by atoms with van der Waals surface area (Å²) < 4.78 is 5.53. The lowest BCUT2D eigenvalue weighted by molar-refractivity contribution is 0.338. The van der Waals surface area contributed by atoms with Gasteiger partial charge in [-0.15, -0.1) is 0 Å². The summed E-state index contributed by atoms with van der Waals surface area (Å²) in [6, 6.07) is 14.0. The SMILES string of the molecule is CCOc1ccc(NCc2cccc(N)c2)cc1C. The van der Waals surface area contributed by atoms with E-state index in [1.807, 2.05) is 37.3 Å². The molecule has 3 nitrogen and oxygen atoms in total. The molecule has 0 aliphatic carbocycles. The number of nitrogen functional groups attached to an aromatic ring is 1. The van der Waals surface area contributed by atoms with E-state index in [1.54, 1.807) is 0 Å². The highest BCUT2D eigenvalue weighted by Crippen LogP contribution is 2.22. The number of hydrogen-bond donors (Lipinski definition) is 2. The summed E-state index contributed by atoms with van der Waals surface area (Å²) in [6.07, 6.45) is 0. The molecule has 0 unspecified atom stereocenters. The lowest BCUT2D eigenvalue weighted by atomic mass is 10.1. The molecule has 0 aliphatic rings. The molecular weight excluding hydrogens is 236 g/mol. The topological polar surface area (TPSA) is 47.3 Å². The Morgan fingerprint density at radius 3 is 2.68 bits per heavy atom. The molecule has 0 heterocycles. The van der Waals surface area contributed by atoms with Crippen LogP contribution in [0.2, 0.25) is 0 Å². The van der Waals surface area contributed by atoms with E-state index in [9.17, 15) is 0 Å². The van der Waals surface area contributed by atoms with Gasteiger partial charge < -0.3 is 15.8 Å². The normalized spacial score (nSPS) is 10.2. The minimum absolute atomic E-state index is 0.691. The standard InChI is InChI=1S/C16H20N2O/c1-3-19-16-8-7-15(9-12(16)2)18-11-13-5-4-6-14(17)10-13/h4-10,18H,3,11,17H2,1-2H3. The van der Waals surface area contributed by atoms with Gasteiger partial charge in [0.2, 0.25) is 0 Å². The fourth-order valence-corrected chi connectivity index (χ4v) is 1.98. The first kappa shape index (κ1) is 13.3. The highest BCUT2D eigenvalue weighted by Gasteiger charge is 2.01. The molecule has 0 bridgehead atoms. The van der Waals surface area contributed by atoms with Gasteiger partial charge in [0.1, 0.15) is 5.75 Å². The van der Waals surface area contributed by atoms with Crippen molar-refractivity contribution >= 4 is 11.4 Å². The molecule has 0 aliphatic heterocycles. The molecule has 0 saturated carbocycles. The van der Waals surface area contributed by atoms with Crippen LogP contribution < -0.4 is 15.8 Å². The predicted octanol–water partition coefficient (Wildman–Crippen LogP) is 3.59. The number of nitrogens with two attached hydrogens (primary N) is 1. The van der Waals surface area contributed by atoms with Crippen LogP contribution in [0.5, 0.6) is 5.75 Å². The van der Waals surface area contributed by atoms with E-state index in [2.05, 4.69) is 24.4 Å². The van der Waals surface area contributed by atoms with Crippen LogP contribution in [0.1, 0.15) is 18.1 Å². The predicted molar refractivity (Wildman–Crippen MR) is 80.5 cm³/mol. The summed E-state index contributed by atoms with van der Waals surface area (Å²) in [5.41, 5.74) is 9.95. The quantitative estimate of drug-likeness (QED) is 0.804. The van der Waals surface area contributed by atoms with E-state index < -0.39 is 0 Å². The first-order valence-corrected chi connectivity index (χ1v) is 6.51. The van der Waals surface area contributed by atoms with Gasteiger partial charge in [-0.2, -0.15) is 0 Å². The maximum atomic E-state index is 5.76. The van der Waals surface area contributed by atoms with E-state index in [1.165, 1.54) is 5.56 Å². The molecule has 0 aromatic heterocycles. The maximum absolute atomic E-state index is 5.76.